The highest BCUT2D eigenvalue weighted by Crippen LogP contribution is 2.31. The number of hydrogen-bond acceptors (Lipinski definition) is 3. The largest absolute Gasteiger partial charge is 0.388 e. The molecule has 0 radical (unpaired) electrons. The number of aliphatic hydroxyl groups is 1. The molecule has 2 saturated heterocycles. The molecule has 0 saturated carbocycles. The van der Waals surface area contributed by atoms with Crippen molar-refractivity contribution in [1.29, 1.82) is 0 Å². The Balaban J connectivity index is 0.00000208. The van der Waals surface area contributed by atoms with Crippen molar-refractivity contribution in [3.05, 3.63) is 34.9 Å². The second-order valence-electron chi connectivity index (χ2n) is 6.66. The van der Waals surface area contributed by atoms with E-state index in [0.29, 0.717) is 5.02 Å². The molecular formula is C18H26Cl2N2O2. The number of piperidine rings is 2. The van der Waals surface area contributed by atoms with Gasteiger partial charge in [-0.1, -0.05) is 30.2 Å². The minimum Gasteiger partial charge on any atom is -0.388 e. The first-order valence-corrected chi connectivity index (χ1v) is 8.98. The zero-order valence-corrected chi connectivity index (χ0v) is 15.4. The van der Waals surface area contributed by atoms with Crippen LogP contribution >= 0.6 is 24.0 Å². The number of carbonyl (C=O) groups is 1. The zero-order valence-electron chi connectivity index (χ0n) is 13.8. The van der Waals surface area contributed by atoms with Gasteiger partial charge in [0.15, 0.2) is 0 Å². The van der Waals surface area contributed by atoms with E-state index in [4.69, 9.17) is 11.6 Å². The van der Waals surface area contributed by atoms with Crippen LogP contribution in [0.1, 0.15) is 43.8 Å². The number of halogens is 2. The van der Waals surface area contributed by atoms with Crippen LogP contribution in [-0.4, -0.2) is 41.6 Å². The molecule has 2 atom stereocenters. The Hall–Kier alpha value is -0.810. The van der Waals surface area contributed by atoms with E-state index in [1.165, 1.54) is 6.42 Å². The van der Waals surface area contributed by atoms with Gasteiger partial charge in [-0.15, -0.1) is 12.4 Å². The number of likely N-dealkylation sites (tertiary alicyclic amines) is 1. The Labute approximate surface area is 155 Å². The number of amides is 1. The first-order valence-electron chi connectivity index (χ1n) is 8.61. The number of nitrogens with zero attached hydrogens (tertiary/aromatic N) is 1. The highest BCUT2D eigenvalue weighted by molar-refractivity contribution is 6.30. The predicted octanol–water partition coefficient (Wildman–Crippen LogP) is 3.18. The average molecular weight is 373 g/mol. The maximum Gasteiger partial charge on any atom is 0.239 e. The molecule has 0 bridgehead atoms. The number of aliphatic hydroxyl groups excluding tert-OH is 1. The maximum absolute atomic E-state index is 12.5. The third kappa shape index (κ3) is 4.63. The van der Waals surface area contributed by atoms with Gasteiger partial charge in [0.2, 0.25) is 5.91 Å². The van der Waals surface area contributed by atoms with Crippen LogP contribution in [0, 0.1) is 5.92 Å². The van der Waals surface area contributed by atoms with Gasteiger partial charge in [0, 0.05) is 18.1 Å². The standard InChI is InChI=1S/C18H25ClN2O2.ClH/c19-15-6-4-13(5-7-15)17(22)14-8-11-21(12-9-14)18(23)16-3-1-2-10-20-16;/h4-7,14,16-17,20,22H,1-3,8-12H2;1H. The summed E-state index contributed by atoms with van der Waals surface area (Å²) >= 11 is 5.90. The molecular weight excluding hydrogens is 347 g/mol. The molecule has 2 aliphatic rings. The quantitative estimate of drug-likeness (QED) is 0.856. The van der Waals surface area contributed by atoms with Crippen LogP contribution in [-0.2, 0) is 4.79 Å². The highest BCUT2D eigenvalue weighted by atomic mass is 35.5. The lowest BCUT2D eigenvalue weighted by atomic mass is 9.87. The summed E-state index contributed by atoms with van der Waals surface area (Å²) in [7, 11) is 0. The minimum atomic E-state index is -0.475. The number of nitrogens with one attached hydrogen (secondary N) is 1. The van der Waals surface area contributed by atoms with Gasteiger partial charge in [-0.2, -0.15) is 0 Å². The van der Waals surface area contributed by atoms with Gasteiger partial charge < -0.3 is 15.3 Å². The van der Waals surface area contributed by atoms with Crippen molar-refractivity contribution >= 4 is 29.9 Å². The van der Waals surface area contributed by atoms with E-state index in [2.05, 4.69) is 5.32 Å². The normalized spacial score (nSPS) is 23.4. The van der Waals surface area contributed by atoms with Gasteiger partial charge in [0.25, 0.3) is 0 Å². The van der Waals surface area contributed by atoms with Gasteiger partial charge in [-0.05, 0) is 55.8 Å². The molecule has 6 heteroatoms. The molecule has 2 aliphatic heterocycles. The van der Waals surface area contributed by atoms with Crippen molar-refractivity contribution in [1.82, 2.24) is 10.2 Å². The molecule has 4 nitrogen and oxygen atoms in total. The summed E-state index contributed by atoms with van der Waals surface area (Å²) in [5.74, 6) is 0.448. The first-order chi connectivity index (χ1) is 11.1. The smallest absolute Gasteiger partial charge is 0.239 e. The Morgan fingerprint density at radius 1 is 1.17 bits per heavy atom. The molecule has 0 aliphatic carbocycles. The summed E-state index contributed by atoms with van der Waals surface area (Å²) in [6.45, 7) is 2.43. The molecule has 2 fully saturated rings. The van der Waals surface area contributed by atoms with Gasteiger partial charge in [0.05, 0.1) is 12.1 Å². The van der Waals surface area contributed by atoms with Crippen LogP contribution in [0.15, 0.2) is 24.3 Å². The van der Waals surface area contributed by atoms with Gasteiger partial charge >= 0.3 is 0 Å². The lowest BCUT2D eigenvalue weighted by Crippen LogP contribution is -2.51. The van der Waals surface area contributed by atoms with Crippen molar-refractivity contribution in [3.8, 4) is 0 Å². The summed E-state index contributed by atoms with van der Waals surface area (Å²) in [6.07, 6.45) is 4.47. The fourth-order valence-electron chi connectivity index (χ4n) is 3.65. The summed E-state index contributed by atoms with van der Waals surface area (Å²) < 4.78 is 0. The second kappa shape index (κ2) is 9.04. The van der Waals surface area contributed by atoms with E-state index in [1.54, 1.807) is 0 Å². The Morgan fingerprint density at radius 3 is 2.42 bits per heavy atom. The Kier molecular flexibility index (Phi) is 7.35. The number of hydrogen-bond donors (Lipinski definition) is 2. The molecule has 1 amide bonds. The first kappa shape index (κ1) is 19.5. The van der Waals surface area contributed by atoms with Crippen LogP contribution in [0.25, 0.3) is 0 Å². The van der Waals surface area contributed by atoms with Crippen LogP contribution in [0.4, 0.5) is 0 Å². The van der Waals surface area contributed by atoms with Crippen LogP contribution < -0.4 is 5.32 Å². The van der Waals surface area contributed by atoms with E-state index < -0.39 is 6.10 Å². The van der Waals surface area contributed by atoms with E-state index in [0.717, 1.165) is 50.9 Å². The Bertz CT molecular complexity index is 524. The third-order valence-electron chi connectivity index (χ3n) is 5.12. The molecule has 3 rings (SSSR count). The monoisotopic (exact) mass is 372 g/mol. The highest BCUT2D eigenvalue weighted by Gasteiger charge is 2.31. The molecule has 24 heavy (non-hydrogen) atoms. The zero-order chi connectivity index (χ0) is 16.2. The van der Waals surface area contributed by atoms with Crippen LogP contribution in [0.5, 0.6) is 0 Å². The third-order valence-corrected chi connectivity index (χ3v) is 5.37. The second-order valence-corrected chi connectivity index (χ2v) is 7.10. The number of benzene rings is 1. The summed E-state index contributed by atoms with van der Waals surface area (Å²) in [6, 6.07) is 7.40. The van der Waals surface area contributed by atoms with Crippen molar-refractivity contribution in [2.75, 3.05) is 19.6 Å². The fourth-order valence-corrected chi connectivity index (χ4v) is 3.78. The topological polar surface area (TPSA) is 52.6 Å². The van der Waals surface area contributed by atoms with Crippen molar-refractivity contribution in [2.24, 2.45) is 5.92 Å². The molecule has 0 spiro atoms. The van der Waals surface area contributed by atoms with E-state index in [1.807, 2.05) is 29.2 Å². The SMILES string of the molecule is Cl.O=C(C1CCCCN1)N1CCC(C(O)c2ccc(Cl)cc2)CC1. The molecule has 2 N–H and O–H groups in total. The average Bonchev–Trinajstić information content (AvgIpc) is 2.62. The van der Waals surface area contributed by atoms with Crippen molar-refractivity contribution < 1.29 is 9.90 Å². The van der Waals surface area contributed by atoms with E-state index in [-0.39, 0.29) is 30.3 Å². The lowest BCUT2D eigenvalue weighted by molar-refractivity contribution is -0.136. The van der Waals surface area contributed by atoms with Crippen LogP contribution in [0.2, 0.25) is 5.02 Å². The summed E-state index contributed by atoms with van der Waals surface area (Å²) in [5, 5.41) is 14.6. The number of rotatable bonds is 3. The molecule has 2 unspecified atom stereocenters. The molecule has 2 heterocycles. The van der Waals surface area contributed by atoms with Gasteiger partial charge in [-0.25, -0.2) is 0 Å². The van der Waals surface area contributed by atoms with Crippen molar-refractivity contribution in [2.45, 2.75) is 44.2 Å². The Morgan fingerprint density at radius 2 is 1.83 bits per heavy atom. The maximum atomic E-state index is 12.5. The molecule has 1 aromatic rings. The summed E-state index contributed by atoms with van der Waals surface area (Å²) in [4.78, 5) is 14.5. The van der Waals surface area contributed by atoms with Gasteiger partial charge in [-0.3, -0.25) is 4.79 Å². The molecule has 0 aromatic heterocycles. The minimum absolute atomic E-state index is 0. The number of carbonyl (C=O) groups excluding carboxylic acids is 1. The molecule has 1 aromatic carbocycles. The summed E-state index contributed by atoms with van der Waals surface area (Å²) in [5.41, 5.74) is 0.910. The fraction of sp³-hybridized carbons (Fsp3) is 0.611. The van der Waals surface area contributed by atoms with E-state index in [9.17, 15) is 9.90 Å². The van der Waals surface area contributed by atoms with Crippen LogP contribution in [0.3, 0.4) is 0 Å². The van der Waals surface area contributed by atoms with Crippen molar-refractivity contribution in [3.63, 3.8) is 0 Å². The lowest BCUT2D eigenvalue weighted by Gasteiger charge is -2.37. The van der Waals surface area contributed by atoms with Gasteiger partial charge in [0.1, 0.15) is 0 Å². The predicted molar refractivity (Wildman–Crippen MR) is 98.6 cm³/mol. The van der Waals surface area contributed by atoms with E-state index >= 15 is 0 Å². The molecule has 134 valence electrons.